The normalized spacial score (nSPS) is 40.2. The van der Waals surface area contributed by atoms with Gasteiger partial charge in [0.2, 0.25) is 0 Å². The van der Waals surface area contributed by atoms with Gasteiger partial charge < -0.3 is 4.74 Å². The van der Waals surface area contributed by atoms with Crippen LogP contribution in [0, 0.1) is 46.3 Å². The molecule has 0 saturated heterocycles. The summed E-state index contributed by atoms with van der Waals surface area (Å²) in [5.74, 6) is 3.82. The van der Waals surface area contributed by atoms with Gasteiger partial charge in [0.1, 0.15) is 11.9 Å². The number of rotatable bonds is 6. The molecule has 0 heterocycles. The van der Waals surface area contributed by atoms with Crippen LogP contribution in [-0.2, 0) is 14.3 Å². The number of allylic oxidation sites excluding steroid dienone is 2. The van der Waals surface area contributed by atoms with Gasteiger partial charge in [-0.05, 0) is 85.4 Å². The van der Waals surface area contributed by atoms with E-state index in [1.54, 1.807) is 11.1 Å². The molecule has 0 aromatic rings. The number of ketones is 1. The molecule has 186 valence electrons. The van der Waals surface area contributed by atoms with Crippen molar-refractivity contribution in [2.75, 3.05) is 0 Å². The van der Waals surface area contributed by atoms with Gasteiger partial charge in [-0.25, -0.2) is 0 Å². The van der Waals surface area contributed by atoms with Crippen LogP contribution in [0.3, 0.4) is 0 Å². The van der Waals surface area contributed by atoms with E-state index in [-0.39, 0.29) is 28.8 Å². The summed E-state index contributed by atoms with van der Waals surface area (Å²) in [5, 5.41) is 0. The Hall–Kier alpha value is -1.12. The lowest BCUT2D eigenvalue weighted by molar-refractivity contribution is -0.154. The van der Waals surface area contributed by atoms with Crippen LogP contribution in [0.15, 0.2) is 11.1 Å². The average molecular weight is 457 g/mol. The zero-order valence-electron chi connectivity index (χ0n) is 22.3. The van der Waals surface area contributed by atoms with Crippen molar-refractivity contribution < 1.29 is 14.3 Å². The van der Waals surface area contributed by atoms with Crippen LogP contribution in [0.5, 0.6) is 0 Å². The zero-order chi connectivity index (χ0) is 24.1. The van der Waals surface area contributed by atoms with Crippen molar-refractivity contribution in [3.05, 3.63) is 11.1 Å². The van der Waals surface area contributed by atoms with E-state index >= 15 is 0 Å². The molecular weight excluding hydrogens is 408 g/mol. The smallest absolute Gasteiger partial charge is 0.302 e. The minimum Gasteiger partial charge on any atom is -0.463 e. The number of esters is 1. The lowest BCUT2D eigenvalue weighted by Gasteiger charge is -2.56. The molecule has 3 nitrogen and oxygen atoms in total. The molecule has 0 aromatic carbocycles. The Morgan fingerprint density at radius 2 is 1.79 bits per heavy atom. The highest BCUT2D eigenvalue weighted by molar-refractivity contribution is 5.88. The number of carbonyl (C=O) groups is 2. The summed E-state index contributed by atoms with van der Waals surface area (Å²) in [5.41, 5.74) is 3.36. The molecular formula is C30H48O3. The Morgan fingerprint density at radius 3 is 2.45 bits per heavy atom. The molecule has 3 fully saturated rings. The van der Waals surface area contributed by atoms with Gasteiger partial charge in [-0.1, -0.05) is 65.5 Å². The van der Waals surface area contributed by atoms with Gasteiger partial charge in [-0.15, -0.1) is 0 Å². The predicted octanol–water partition coefficient (Wildman–Crippen LogP) is 7.53. The Balaban J connectivity index is 1.55. The number of carbonyl (C=O) groups excluding carboxylic acids is 2. The lowest BCUT2D eigenvalue weighted by atomic mass is 9.48. The van der Waals surface area contributed by atoms with Crippen LogP contribution in [0.25, 0.3) is 0 Å². The second-order valence-electron chi connectivity index (χ2n) is 13.2. The van der Waals surface area contributed by atoms with E-state index in [0.717, 1.165) is 50.4 Å². The Morgan fingerprint density at radius 1 is 1.06 bits per heavy atom. The van der Waals surface area contributed by atoms with Crippen LogP contribution in [0.1, 0.15) is 113 Å². The largest absolute Gasteiger partial charge is 0.463 e. The summed E-state index contributed by atoms with van der Waals surface area (Å²) in [7, 11) is 0. The molecule has 3 heteroatoms. The molecule has 0 amide bonds. The topological polar surface area (TPSA) is 43.4 Å². The first-order chi connectivity index (χ1) is 15.5. The molecule has 0 spiro atoms. The van der Waals surface area contributed by atoms with Gasteiger partial charge in [0.25, 0.3) is 0 Å². The summed E-state index contributed by atoms with van der Waals surface area (Å²) in [6, 6.07) is 0. The monoisotopic (exact) mass is 456 g/mol. The maximum atomic E-state index is 13.9. The molecule has 0 N–H and O–H groups in total. The van der Waals surface area contributed by atoms with Crippen molar-refractivity contribution in [1.29, 1.82) is 0 Å². The van der Waals surface area contributed by atoms with Crippen molar-refractivity contribution in [2.24, 2.45) is 46.3 Å². The van der Waals surface area contributed by atoms with E-state index in [9.17, 15) is 9.59 Å². The predicted molar refractivity (Wildman–Crippen MR) is 134 cm³/mol. The van der Waals surface area contributed by atoms with Gasteiger partial charge in [0.05, 0.1) is 0 Å². The minimum absolute atomic E-state index is 0.0451. The first kappa shape index (κ1) is 25.0. The average Bonchev–Trinajstić information content (AvgIpc) is 3.07. The van der Waals surface area contributed by atoms with Crippen LogP contribution in [0.4, 0.5) is 0 Å². The number of Topliss-reactive ketones (excluding diaryl/α,β-unsaturated/α-hetero) is 1. The van der Waals surface area contributed by atoms with Gasteiger partial charge in [-0.3, -0.25) is 9.59 Å². The van der Waals surface area contributed by atoms with Crippen molar-refractivity contribution in [2.45, 2.75) is 119 Å². The lowest BCUT2D eigenvalue weighted by Crippen LogP contribution is -2.52. The number of hydrogen-bond acceptors (Lipinski definition) is 3. The highest BCUT2D eigenvalue weighted by Gasteiger charge is 2.59. The fourth-order valence-electron chi connectivity index (χ4n) is 8.64. The van der Waals surface area contributed by atoms with Gasteiger partial charge in [-0.2, -0.15) is 0 Å². The Kier molecular flexibility index (Phi) is 6.93. The van der Waals surface area contributed by atoms with Crippen molar-refractivity contribution >= 4 is 11.8 Å². The number of ether oxygens (including phenoxy) is 1. The Bertz CT molecular complexity index is 809. The van der Waals surface area contributed by atoms with Crippen LogP contribution in [-0.4, -0.2) is 17.9 Å². The fraction of sp³-hybridized carbons (Fsp3) is 0.867. The second kappa shape index (κ2) is 9.15. The summed E-state index contributed by atoms with van der Waals surface area (Å²) in [6.07, 6.45) is 10.9. The van der Waals surface area contributed by atoms with E-state index in [4.69, 9.17) is 4.74 Å². The zero-order valence-corrected chi connectivity index (χ0v) is 22.3. The maximum absolute atomic E-state index is 13.9. The number of hydrogen-bond donors (Lipinski definition) is 0. The van der Waals surface area contributed by atoms with E-state index in [1.165, 1.54) is 32.6 Å². The molecule has 33 heavy (non-hydrogen) atoms. The number of fused-ring (bicyclic) bond motifs is 4. The molecule has 8 atom stereocenters. The van der Waals surface area contributed by atoms with Gasteiger partial charge >= 0.3 is 5.97 Å². The fourth-order valence-corrected chi connectivity index (χ4v) is 8.64. The third kappa shape index (κ3) is 4.36. The van der Waals surface area contributed by atoms with E-state index in [1.807, 2.05) is 0 Å². The van der Waals surface area contributed by atoms with Gasteiger partial charge in [0, 0.05) is 19.3 Å². The molecule has 4 aliphatic rings. The van der Waals surface area contributed by atoms with Crippen LogP contribution in [0.2, 0.25) is 0 Å². The summed E-state index contributed by atoms with van der Waals surface area (Å²) in [6.45, 7) is 15.9. The maximum Gasteiger partial charge on any atom is 0.302 e. The van der Waals surface area contributed by atoms with E-state index in [0.29, 0.717) is 23.5 Å². The minimum atomic E-state index is -0.166. The standard InChI is InChI=1S/C30H48O3/c1-18(2)19(3)8-9-20(4)25-12-13-26-24-11-10-22-16-23(33-21(5)31)14-15-29(22,6)28(24)27(32)17-30(25,26)7/h18-20,22-23,25,28H,8-17H2,1-7H3/t19-,20+,22-,23+,25+,28-,29-,30+/m0/s1. The highest BCUT2D eigenvalue weighted by Crippen LogP contribution is 2.65. The third-order valence-corrected chi connectivity index (χ3v) is 11.0. The van der Waals surface area contributed by atoms with Crippen LogP contribution < -0.4 is 0 Å². The first-order valence-corrected chi connectivity index (χ1v) is 13.9. The first-order valence-electron chi connectivity index (χ1n) is 13.9. The summed E-state index contributed by atoms with van der Waals surface area (Å²) >= 11 is 0. The van der Waals surface area contributed by atoms with Gasteiger partial charge in [0.15, 0.2) is 0 Å². The van der Waals surface area contributed by atoms with Crippen LogP contribution >= 0.6 is 0 Å². The molecule has 3 saturated carbocycles. The molecule has 0 radical (unpaired) electrons. The summed E-state index contributed by atoms with van der Waals surface area (Å²) < 4.78 is 5.59. The quantitative estimate of drug-likeness (QED) is 0.306. The van der Waals surface area contributed by atoms with Crippen molar-refractivity contribution in [1.82, 2.24) is 0 Å². The molecule has 4 aliphatic carbocycles. The van der Waals surface area contributed by atoms with E-state index in [2.05, 4.69) is 41.5 Å². The summed E-state index contributed by atoms with van der Waals surface area (Å²) in [4.78, 5) is 25.4. The molecule has 0 unspecified atom stereocenters. The SMILES string of the molecule is CC(=O)O[C@@H]1CC[C@@]2(C)[C@@H](CCC3=C4CC[C@H]([C@H](C)CC[C@H](C)C(C)C)[C@@]4(C)CC(=O)[C@H]32)C1. The molecule has 0 bridgehead atoms. The molecule has 0 aromatic heterocycles. The highest BCUT2D eigenvalue weighted by atomic mass is 16.5. The van der Waals surface area contributed by atoms with E-state index < -0.39 is 0 Å². The molecule has 0 aliphatic heterocycles. The second-order valence-corrected chi connectivity index (χ2v) is 13.2. The Labute approximate surface area is 202 Å². The third-order valence-electron chi connectivity index (χ3n) is 11.0. The molecule has 4 rings (SSSR count). The van der Waals surface area contributed by atoms with Crippen molar-refractivity contribution in [3.63, 3.8) is 0 Å². The van der Waals surface area contributed by atoms with Crippen molar-refractivity contribution in [3.8, 4) is 0 Å².